The Kier molecular flexibility index (Phi) is 6.21. The molecule has 3 rings (SSSR count). The zero-order valence-electron chi connectivity index (χ0n) is 13.5. The monoisotopic (exact) mass is 369 g/mol. The second kappa shape index (κ2) is 7.96. The van der Waals surface area contributed by atoms with Crippen molar-refractivity contribution in [3.8, 4) is 5.69 Å². The first-order valence-electron chi connectivity index (χ1n) is 7.85. The van der Waals surface area contributed by atoms with Gasteiger partial charge in [-0.1, -0.05) is 29.8 Å². The predicted molar refractivity (Wildman–Crippen MR) is 96.1 cm³/mol. The number of nitrogens with zero attached hydrogens (tertiary/aromatic N) is 4. The van der Waals surface area contributed by atoms with Crippen molar-refractivity contribution in [2.75, 3.05) is 13.1 Å². The lowest BCUT2D eigenvalue weighted by Crippen LogP contribution is -2.43. The molecular formula is C16H21Cl2N5O. The largest absolute Gasteiger partial charge is 0.337 e. The predicted octanol–water partition coefficient (Wildman–Crippen LogP) is 2.47. The Balaban J connectivity index is 0.00000208. The summed E-state index contributed by atoms with van der Waals surface area (Å²) in [5.74, 6) is -0.0676. The van der Waals surface area contributed by atoms with Crippen LogP contribution in [0.3, 0.4) is 0 Å². The van der Waals surface area contributed by atoms with Crippen molar-refractivity contribution >= 4 is 29.9 Å². The van der Waals surface area contributed by atoms with E-state index in [2.05, 4.69) is 10.3 Å². The molecule has 0 spiro atoms. The average Bonchev–Trinajstić information content (AvgIpc) is 2.98. The molecule has 0 unspecified atom stereocenters. The molecule has 2 heterocycles. The summed E-state index contributed by atoms with van der Waals surface area (Å²) in [5.41, 5.74) is 7.93. The summed E-state index contributed by atoms with van der Waals surface area (Å²) in [7, 11) is 0. The SMILES string of the molecule is CCc1c(C(=O)N2CCC(N)CC2)nnn1-c1cccc(Cl)c1.Cl. The lowest BCUT2D eigenvalue weighted by Gasteiger charge is -2.29. The Bertz CT molecular complexity index is 710. The van der Waals surface area contributed by atoms with Gasteiger partial charge < -0.3 is 10.6 Å². The lowest BCUT2D eigenvalue weighted by molar-refractivity contribution is 0.0707. The Morgan fingerprint density at radius 3 is 2.71 bits per heavy atom. The minimum atomic E-state index is -0.0676. The zero-order valence-corrected chi connectivity index (χ0v) is 15.1. The molecule has 1 saturated heterocycles. The van der Waals surface area contributed by atoms with E-state index in [4.69, 9.17) is 17.3 Å². The van der Waals surface area contributed by atoms with Crippen molar-refractivity contribution in [2.45, 2.75) is 32.2 Å². The number of carbonyl (C=O) groups excluding carboxylic acids is 1. The molecule has 1 aromatic carbocycles. The first-order valence-corrected chi connectivity index (χ1v) is 8.23. The highest BCUT2D eigenvalue weighted by atomic mass is 35.5. The zero-order chi connectivity index (χ0) is 16.4. The van der Waals surface area contributed by atoms with Crippen LogP contribution in [0.1, 0.15) is 35.9 Å². The molecule has 130 valence electrons. The van der Waals surface area contributed by atoms with E-state index >= 15 is 0 Å². The Morgan fingerprint density at radius 1 is 1.38 bits per heavy atom. The fourth-order valence-electron chi connectivity index (χ4n) is 2.85. The molecule has 1 amide bonds. The van der Waals surface area contributed by atoms with Gasteiger partial charge in [0.05, 0.1) is 11.4 Å². The molecule has 24 heavy (non-hydrogen) atoms. The molecule has 6 nitrogen and oxygen atoms in total. The van der Waals surface area contributed by atoms with E-state index in [1.54, 1.807) is 10.7 Å². The molecule has 8 heteroatoms. The second-order valence-electron chi connectivity index (χ2n) is 5.76. The van der Waals surface area contributed by atoms with Crippen molar-refractivity contribution in [1.29, 1.82) is 0 Å². The second-order valence-corrected chi connectivity index (χ2v) is 6.20. The molecule has 0 bridgehead atoms. The summed E-state index contributed by atoms with van der Waals surface area (Å²) in [6.45, 7) is 3.34. The van der Waals surface area contributed by atoms with Gasteiger partial charge >= 0.3 is 0 Å². The van der Waals surface area contributed by atoms with Crippen LogP contribution in [0.4, 0.5) is 0 Å². The first-order chi connectivity index (χ1) is 11.1. The van der Waals surface area contributed by atoms with Crippen LogP contribution in [0.25, 0.3) is 5.69 Å². The first kappa shape index (κ1) is 18.7. The van der Waals surface area contributed by atoms with Crippen LogP contribution in [-0.4, -0.2) is 44.9 Å². The molecule has 1 aliphatic rings. The van der Waals surface area contributed by atoms with Crippen LogP contribution < -0.4 is 5.73 Å². The van der Waals surface area contributed by atoms with E-state index in [0.29, 0.717) is 30.2 Å². The number of hydrogen-bond donors (Lipinski definition) is 1. The molecule has 2 aromatic rings. The normalized spacial score (nSPS) is 15.2. The van der Waals surface area contributed by atoms with Crippen LogP contribution >= 0.6 is 24.0 Å². The molecule has 1 aromatic heterocycles. The molecular weight excluding hydrogens is 349 g/mol. The van der Waals surface area contributed by atoms with Crippen LogP contribution in [0, 0.1) is 0 Å². The van der Waals surface area contributed by atoms with Crippen LogP contribution in [0.5, 0.6) is 0 Å². The smallest absolute Gasteiger partial charge is 0.276 e. The van der Waals surface area contributed by atoms with Gasteiger partial charge in [-0.3, -0.25) is 4.79 Å². The standard InChI is InChI=1S/C16H20ClN5O.ClH/c1-2-14-15(16(23)21-8-6-12(18)7-9-21)19-20-22(14)13-5-3-4-11(17)10-13;/h3-5,10,12H,2,6-9,18H2,1H3;1H. The van der Waals surface area contributed by atoms with Gasteiger partial charge in [0.1, 0.15) is 0 Å². The summed E-state index contributed by atoms with van der Waals surface area (Å²) in [6, 6.07) is 7.55. The van der Waals surface area contributed by atoms with Gasteiger partial charge in [0, 0.05) is 24.2 Å². The number of halogens is 2. The lowest BCUT2D eigenvalue weighted by atomic mass is 10.1. The third kappa shape index (κ3) is 3.71. The summed E-state index contributed by atoms with van der Waals surface area (Å²) >= 11 is 6.05. The molecule has 0 radical (unpaired) electrons. The number of nitrogens with two attached hydrogens (primary N) is 1. The van der Waals surface area contributed by atoms with E-state index in [1.165, 1.54) is 0 Å². The number of piperidine rings is 1. The van der Waals surface area contributed by atoms with E-state index < -0.39 is 0 Å². The fraction of sp³-hybridized carbons (Fsp3) is 0.438. The number of benzene rings is 1. The third-order valence-corrected chi connectivity index (χ3v) is 4.42. The van der Waals surface area contributed by atoms with E-state index in [1.807, 2.05) is 30.0 Å². The molecule has 0 aliphatic carbocycles. The van der Waals surface area contributed by atoms with Crippen LogP contribution in [0.2, 0.25) is 5.02 Å². The highest BCUT2D eigenvalue weighted by molar-refractivity contribution is 6.30. The summed E-state index contributed by atoms with van der Waals surface area (Å²) < 4.78 is 1.69. The maximum absolute atomic E-state index is 12.7. The molecule has 0 atom stereocenters. The van der Waals surface area contributed by atoms with Crippen molar-refractivity contribution in [1.82, 2.24) is 19.9 Å². The number of amides is 1. The number of hydrogen-bond acceptors (Lipinski definition) is 4. The van der Waals surface area contributed by atoms with E-state index in [9.17, 15) is 4.79 Å². The Labute approximate surface area is 152 Å². The molecule has 2 N–H and O–H groups in total. The Hall–Kier alpha value is -1.63. The molecule has 1 aliphatic heterocycles. The molecule has 0 saturated carbocycles. The van der Waals surface area contributed by atoms with Gasteiger partial charge in [-0.15, -0.1) is 17.5 Å². The minimum absolute atomic E-state index is 0. The van der Waals surface area contributed by atoms with Gasteiger partial charge in [-0.05, 0) is 37.5 Å². The summed E-state index contributed by atoms with van der Waals surface area (Å²) in [5, 5.41) is 8.92. The number of carbonyl (C=O) groups is 1. The van der Waals surface area contributed by atoms with Crippen LogP contribution in [0.15, 0.2) is 24.3 Å². The summed E-state index contributed by atoms with van der Waals surface area (Å²) in [6.07, 6.45) is 2.32. The van der Waals surface area contributed by atoms with Crippen molar-refractivity contribution < 1.29 is 4.79 Å². The highest BCUT2D eigenvalue weighted by Crippen LogP contribution is 2.20. The van der Waals surface area contributed by atoms with Gasteiger partial charge in [0.15, 0.2) is 5.69 Å². The maximum atomic E-state index is 12.7. The van der Waals surface area contributed by atoms with Crippen molar-refractivity contribution in [3.05, 3.63) is 40.7 Å². The number of likely N-dealkylation sites (tertiary alicyclic amines) is 1. The van der Waals surface area contributed by atoms with E-state index in [0.717, 1.165) is 24.2 Å². The van der Waals surface area contributed by atoms with Crippen molar-refractivity contribution in [3.63, 3.8) is 0 Å². The quantitative estimate of drug-likeness (QED) is 0.901. The summed E-state index contributed by atoms with van der Waals surface area (Å²) in [4.78, 5) is 14.6. The third-order valence-electron chi connectivity index (χ3n) is 4.18. The van der Waals surface area contributed by atoms with Gasteiger partial charge in [0.2, 0.25) is 0 Å². The van der Waals surface area contributed by atoms with E-state index in [-0.39, 0.29) is 24.4 Å². The highest BCUT2D eigenvalue weighted by Gasteiger charge is 2.27. The minimum Gasteiger partial charge on any atom is -0.337 e. The van der Waals surface area contributed by atoms with Crippen molar-refractivity contribution in [2.24, 2.45) is 5.73 Å². The maximum Gasteiger partial charge on any atom is 0.276 e. The Morgan fingerprint density at radius 2 is 2.08 bits per heavy atom. The fourth-order valence-corrected chi connectivity index (χ4v) is 3.04. The number of aromatic nitrogens is 3. The number of rotatable bonds is 3. The topological polar surface area (TPSA) is 77.0 Å². The van der Waals surface area contributed by atoms with Gasteiger partial charge in [-0.25, -0.2) is 4.68 Å². The average molecular weight is 370 g/mol. The van der Waals surface area contributed by atoms with Gasteiger partial charge in [-0.2, -0.15) is 0 Å². The molecule has 1 fully saturated rings. The van der Waals surface area contributed by atoms with Crippen LogP contribution in [-0.2, 0) is 6.42 Å². The van der Waals surface area contributed by atoms with Gasteiger partial charge in [0.25, 0.3) is 5.91 Å².